The van der Waals surface area contributed by atoms with Crippen LogP contribution in [-0.4, -0.2) is 64.8 Å². The fourth-order valence-electron chi connectivity index (χ4n) is 3.03. The molecule has 0 radical (unpaired) electrons. The van der Waals surface area contributed by atoms with Crippen LogP contribution in [0.2, 0.25) is 5.02 Å². The zero-order valence-electron chi connectivity index (χ0n) is 12.6. The Morgan fingerprint density at radius 1 is 1.09 bits per heavy atom. The molecule has 1 aromatic rings. The van der Waals surface area contributed by atoms with Crippen molar-refractivity contribution in [2.75, 3.05) is 26.3 Å². The minimum Gasteiger partial charge on any atom is -0.488 e. The molecule has 0 heterocycles. The van der Waals surface area contributed by atoms with Gasteiger partial charge in [0.25, 0.3) is 0 Å². The van der Waals surface area contributed by atoms with Crippen molar-refractivity contribution in [2.24, 2.45) is 0 Å². The third-order valence-corrected chi connectivity index (χ3v) is 4.36. The second-order valence-electron chi connectivity index (χ2n) is 5.58. The van der Waals surface area contributed by atoms with Crippen LogP contribution >= 0.6 is 11.6 Å². The highest BCUT2D eigenvalue weighted by Gasteiger charge is 2.36. The predicted molar refractivity (Wildman–Crippen MR) is 85.3 cm³/mol. The third-order valence-electron chi connectivity index (χ3n) is 4.11. The van der Waals surface area contributed by atoms with Gasteiger partial charge in [-0.3, -0.25) is 4.90 Å². The molecule has 1 aliphatic rings. The Hall–Kier alpha value is -0.850. The van der Waals surface area contributed by atoms with E-state index in [0.717, 1.165) is 19.3 Å². The van der Waals surface area contributed by atoms with Crippen molar-refractivity contribution in [3.63, 3.8) is 0 Å². The lowest BCUT2D eigenvalue weighted by Gasteiger charge is -2.41. The smallest absolute Gasteiger partial charge is 0.126 e. The van der Waals surface area contributed by atoms with Gasteiger partial charge >= 0.3 is 0 Å². The van der Waals surface area contributed by atoms with Gasteiger partial charge in [-0.15, -0.1) is 0 Å². The van der Waals surface area contributed by atoms with Crippen molar-refractivity contribution >= 4 is 11.6 Å². The largest absolute Gasteiger partial charge is 0.488 e. The number of aliphatic hydroxyl groups is 3. The topological polar surface area (TPSA) is 73.2 Å². The number of rotatable bonds is 7. The maximum absolute atomic E-state index is 10.6. The molecule has 1 fully saturated rings. The van der Waals surface area contributed by atoms with Gasteiger partial charge in [-0.1, -0.05) is 11.6 Å². The van der Waals surface area contributed by atoms with Gasteiger partial charge in [0.15, 0.2) is 0 Å². The zero-order chi connectivity index (χ0) is 15.9. The first kappa shape index (κ1) is 17.5. The molecule has 0 amide bonds. The number of aliphatic hydroxyl groups excluding tert-OH is 3. The van der Waals surface area contributed by atoms with Crippen molar-refractivity contribution in [3.8, 4) is 5.75 Å². The molecule has 22 heavy (non-hydrogen) atoms. The molecule has 0 aromatic heterocycles. The molecule has 0 bridgehead atoms. The van der Waals surface area contributed by atoms with Crippen LogP contribution in [0.1, 0.15) is 19.3 Å². The molecule has 124 valence electrons. The van der Waals surface area contributed by atoms with Crippen molar-refractivity contribution in [2.45, 2.75) is 37.5 Å². The number of hydrogen-bond donors (Lipinski definition) is 3. The van der Waals surface area contributed by atoms with E-state index in [-0.39, 0.29) is 25.4 Å². The average molecular weight is 330 g/mol. The highest BCUT2D eigenvalue weighted by atomic mass is 35.5. The summed E-state index contributed by atoms with van der Waals surface area (Å²) in [7, 11) is 0. The summed E-state index contributed by atoms with van der Waals surface area (Å²) in [4.78, 5) is 1.93. The van der Waals surface area contributed by atoms with Gasteiger partial charge in [0.1, 0.15) is 18.0 Å². The summed E-state index contributed by atoms with van der Waals surface area (Å²) in [5.74, 6) is 0.685. The lowest BCUT2D eigenvalue weighted by molar-refractivity contribution is -0.0589. The number of ether oxygens (including phenoxy) is 1. The minimum absolute atomic E-state index is 0.00588. The van der Waals surface area contributed by atoms with Crippen LogP contribution in [0.5, 0.6) is 5.75 Å². The van der Waals surface area contributed by atoms with Crippen molar-refractivity contribution in [1.82, 2.24) is 4.90 Å². The molecule has 5 nitrogen and oxygen atoms in total. The molecule has 0 spiro atoms. The number of nitrogens with zero attached hydrogens (tertiary/aromatic N) is 1. The molecule has 0 unspecified atom stereocenters. The second kappa shape index (κ2) is 8.70. The number of hydrogen-bond acceptors (Lipinski definition) is 5. The maximum Gasteiger partial charge on any atom is 0.126 e. The van der Waals surface area contributed by atoms with Crippen molar-refractivity contribution in [3.05, 3.63) is 29.3 Å². The summed E-state index contributed by atoms with van der Waals surface area (Å²) < 4.78 is 5.90. The zero-order valence-corrected chi connectivity index (χ0v) is 13.3. The second-order valence-corrected chi connectivity index (χ2v) is 6.02. The molecule has 0 saturated heterocycles. The van der Waals surface area contributed by atoms with E-state index in [2.05, 4.69) is 0 Å². The summed E-state index contributed by atoms with van der Waals surface area (Å²) in [6, 6.07) is 6.99. The summed E-state index contributed by atoms with van der Waals surface area (Å²) in [5.41, 5.74) is 0. The fraction of sp³-hybridized carbons (Fsp3) is 0.625. The Labute approximate surface area is 136 Å². The number of benzene rings is 1. The summed E-state index contributed by atoms with van der Waals surface area (Å²) in [6.07, 6.45) is 1.61. The first-order chi connectivity index (χ1) is 10.7. The molecule has 3 N–H and O–H groups in total. The van der Waals surface area contributed by atoms with Crippen molar-refractivity contribution in [1.29, 1.82) is 0 Å². The summed E-state index contributed by atoms with van der Waals surface area (Å²) >= 11 is 5.86. The van der Waals surface area contributed by atoms with Crippen LogP contribution in [-0.2, 0) is 0 Å². The van der Waals surface area contributed by atoms with E-state index in [4.69, 9.17) is 26.6 Å². The van der Waals surface area contributed by atoms with Crippen molar-refractivity contribution < 1.29 is 20.1 Å². The van der Waals surface area contributed by atoms with E-state index >= 15 is 0 Å². The van der Waals surface area contributed by atoms with E-state index in [1.54, 1.807) is 24.3 Å². The van der Waals surface area contributed by atoms with Gasteiger partial charge in [-0.05, 0) is 43.5 Å². The SMILES string of the molecule is OCCN(CCO)[C@H]1CCC[C@@H](Oc2ccc(Cl)cc2)[C@@H]1O. The van der Waals surface area contributed by atoms with E-state index < -0.39 is 6.10 Å². The van der Waals surface area contributed by atoms with Gasteiger partial charge in [-0.25, -0.2) is 0 Å². The summed E-state index contributed by atoms with van der Waals surface area (Å²) in [6.45, 7) is 0.893. The predicted octanol–water partition coefficient (Wildman–Crippen LogP) is 1.29. The van der Waals surface area contributed by atoms with Crippen LogP contribution in [0.15, 0.2) is 24.3 Å². The molecular formula is C16H24ClNO4. The lowest BCUT2D eigenvalue weighted by Crippen LogP contribution is -2.54. The van der Waals surface area contributed by atoms with E-state index in [9.17, 15) is 5.11 Å². The maximum atomic E-state index is 10.6. The van der Waals surface area contributed by atoms with Crippen LogP contribution in [0, 0.1) is 0 Å². The highest BCUT2D eigenvalue weighted by molar-refractivity contribution is 6.30. The Kier molecular flexibility index (Phi) is 6.92. The minimum atomic E-state index is -0.650. The van der Waals surface area contributed by atoms with Crippen LogP contribution in [0.25, 0.3) is 0 Å². The Bertz CT molecular complexity index is 436. The van der Waals surface area contributed by atoms with Gasteiger partial charge in [0.2, 0.25) is 0 Å². The van der Waals surface area contributed by atoms with Gasteiger partial charge < -0.3 is 20.1 Å². The molecule has 1 aromatic carbocycles. The molecule has 6 heteroatoms. The van der Waals surface area contributed by atoms with E-state index in [0.29, 0.717) is 23.9 Å². The van der Waals surface area contributed by atoms with E-state index in [1.807, 2.05) is 4.90 Å². The fourth-order valence-corrected chi connectivity index (χ4v) is 3.16. The first-order valence-corrected chi connectivity index (χ1v) is 8.09. The average Bonchev–Trinajstić information content (AvgIpc) is 2.51. The van der Waals surface area contributed by atoms with Gasteiger partial charge in [0, 0.05) is 24.2 Å². The summed E-state index contributed by atoms with van der Waals surface area (Å²) in [5, 5.41) is 29.6. The Balaban J connectivity index is 2.01. The number of halogens is 1. The van der Waals surface area contributed by atoms with Crippen LogP contribution in [0.4, 0.5) is 0 Å². The van der Waals surface area contributed by atoms with Crippen LogP contribution in [0.3, 0.4) is 0 Å². The first-order valence-electron chi connectivity index (χ1n) is 7.71. The Morgan fingerprint density at radius 2 is 1.73 bits per heavy atom. The highest BCUT2D eigenvalue weighted by Crippen LogP contribution is 2.28. The third kappa shape index (κ3) is 4.57. The Morgan fingerprint density at radius 3 is 2.32 bits per heavy atom. The normalized spacial score (nSPS) is 25.4. The van der Waals surface area contributed by atoms with E-state index in [1.165, 1.54) is 0 Å². The molecule has 1 aliphatic carbocycles. The standard InChI is InChI=1S/C16H24ClNO4/c17-12-4-6-13(7-5-12)22-15-3-1-2-14(16(15)21)18(8-10-19)9-11-20/h4-7,14-16,19-21H,1-3,8-11H2/t14-,15+,16+/m0/s1. The monoisotopic (exact) mass is 329 g/mol. The molecule has 0 aliphatic heterocycles. The van der Waals surface area contributed by atoms with Gasteiger partial charge in [0.05, 0.1) is 13.2 Å². The molecule has 1 saturated carbocycles. The lowest BCUT2D eigenvalue weighted by atomic mass is 9.88. The quantitative estimate of drug-likeness (QED) is 0.703. The van der Waals surface area contributed by atoms with Crippen LogP contribution < -0.4 is 4.74 Å². The molecule has 3 atom stereocenters. The molecular weight excluding hydrogens is 306 g/mol. The van der Waals surface area contributed by atoms with Gasteiger partial charge in [-0.2, -0.15) is 0 Å². The molecule has 2 rings (SSSR count).